The molecule has 0 N–H and O–H groups in total. The number of methoxy groups -OCH3 is 1. The van der Waals surface area contributed by atoms with Crippen LogP contribution in [0.1, 0.15) is 5.56 Å². The van der Waals surface area contributed by atoms with Crippen molar-refractivity contribution in [2.45, 2.75) is 13.1 Å². The maximum absolute atomic E-state index is 11.6. The molecule has 1 aromatic rings. The Balaban J connectivity index is 2.81. The van der Waals surface area contributed by atoms with Crippen molar-refractivity contribution >= 4 is 5.91 Å². The topological polar surface area (TPSA) is 51.5 Å². The first-order chi connectivity index (χ1) is 8.58. The third-order valence-corrected chi connectivity index (χ3v) is 2.55. The lowest BCUT2D eigenvalue weighted by Gasteiger charge is -2.16. The predicted octanol–water partition coefficient (Wildman–Crippen LogP) is 0.639. The molecule has 0 spiro atoms. The molecular formula is C13H18N2O3. The molecule has 0 aliphatic rings. The second-order valence-corrected chi connectivity index (χ2v) is 3.96. The van der Waals surface area contributed by atoms with Crippen LogP contribution in [0.4, 0.5) is 0 Å². The van der Waals surface area contributed by atoms with E-state index in [-0.39, 0.29) is 11.5 Å². The van der Waals surface area contributed by atoms with Crippen molar-refractivity contribution in [2.24, 2.45) is 0 Å². The lowest BCUT2D eigenvalue weighted by molar-refractivity contribution is -0.125. The maximum atomic E-state index is 11.6. The van der Waals surface area contributed by atoms with E-state index in [1.54, 1.807) is 31.0 Å². The van der Waals surface area contributed by atoms with E-state index in [1.165, 1.54) is 17.0 Å². The average Bonchev–Trinajstić information content (AvgIpc) is 2.38. The van der Waals surface area contributed by atoms with Gasteiger partial charge < -0.3 is 14.2 Å². The minimum atomic E-state index is -0.148. The molecule has 0 aromatic carbocycles. The van der Waals surface area contributed by atoms with Gasteiger partial charge in [-0.3, -0.25) is 9.59 Å². The summed E-state index contributed by atoms with van der Waals surface area (Å²) in [6.45, 7) is 4.85. The largest absolute Gasteiger partial charge is 0.383 e. The van der Waals surface area contributed by atoms with Gasteiger partial charge in [0, 0.05) is 39.5 Å². The van der Waals surface area contributed by atoms with Crippen molar-refractivity contribution in [1.82, 2.24) is 9.47 Å². The molecule has 0 aliphatic heterocycles. The highest BCUT2D eigenvalue weighted by Gasteiger charge is 2.06. The van der Waals surface area contributed by atoms with Crippen molar-refractivity contribution in [3.8, 4) is 0 Å². The van der Waals surface area contributed by atoms with Gasteiger partial charge in [0.25, 0.3) is 5.56 Å². The van der Waals surface area contributed by atoms with E-state index in [1.807, 2.05) is 0 Å². The smallest absolute Gasteiger partial charge is 0.250 e. The van der Waals surface area contributed by atoms with Gasteiger partial charge in [0.05, 0.1) is 6.61 Å². The molecule has 0 saturated carbocycles. The van der Waals surface area contributed by atoms with Crippen LogP contribution in [0.3, 0.4) is 0 Å². The first-order valence-electron chi connectivity index (χ1n) is 5.64. The van der Waals surface area contributed by atoms with Crippen molar-refractivity contribution in [3.05, 3.63) is 46.9 Å². The monoisotopic (exact) mass is 250 g/mol. The van der Waals surface area contributed by atoms with Gasteiger partial charge in [-0.2, -0.15) is 0 Å². The normalized spacial score (nSPS) is 10.1. The molecule has 1 aromatic heterocycles. The summed E-state index contributed by atoms with van der Waals surface area (Å²) in [5, 5.41) is 0. The number of likely N-dealkylation sites (N-methyl/N-ethyl adjacent to an activating group) is 1. The zero-order valence-corrected chi connectivity index (χ0v) is 10.8. The standard InChI is InChI=1S/C13H18N2O3/c1-4-12(16)14(2)9-11-5-6-13(17)15(10-11)7-8-18-3/h4-6,10H,1,7-9H2,2-3H3. The van der Waals surface area contributed by atoms with E-state index in [9.17, 15) is 9.59 Å². The van der Waals surface area contributed by atoms with Crippen LogP contribution in [-0.2, 0) is 22.6 Å². The second-order valence-electron chi connectivity index (χ2n) is 3.96. The summed E-state index contributed by atoms with van der Waals surface area (Å²) in [5.74, 6) is -0.148. The molecule has 0 saturated heterocycles. The van der Waals surface area contributed by atoms with Gasteiger partial charge in [0.1, 0.15) is 0 Å². The van der Waals surface area contributed by atoms with Crippen molar-refractivity contribution in [1.29, 1.82) is 0 Å². The highest BCUT2D eigenvalue weighted by Crippen LogP contribution is 2.01. The number of hydrogen-bond acceptors (Lipinski definition) is 3. The predicted molar refractivity (Wildman–Crippen MR) is 69.2 cm³/mol. The van der Waals surface area contributed by atoms with E-state index in [0.717, 1.165) is 5.56 Å². The van der Waals surface area contributed by atoms with Crippen LogP contribution < -0.4 is 5.56 Å². The molecule has 0 bridgehead atoms. The minimum absolute atomic E-state index is 0.0755. The highest BCUT2D eigenvalue weighted by atomic mass is 16.5. The first-order valence-corrected chi connectivity index (χ1v) is 5.64. The fourth-order valence-corrected chi connectivity index (χ4v) is 1.55. The Morgan fingerprint density at radius 2 is 2.28 bits per heavy atom. The molecule has 0 radical (unpaired) electrons. The molecule has 18 heavy (non-hydrogen) atoms. The van der Waals surface area contributed by atoms with E-state index >= 15 is 0 Å². The van der Waals surface area contributed by atoms with Crippen LogP contribution in [0, 0.1) is 0 Å². The van der Waals surface area contributed by atoms with E-state index in [4.69, 9.17) is 4.74 Å². The molecule has 0 fully saturated rings. The Bertz CT molecular complexity index is 479. The van der Waals surface area contributed by atoms with E-state index in [2.05, 4.69) is 6.58 Å². The second kappa shape index (κ2) is 6.76. The maximum Gasteiger partial charge on any atom is 0.250 e. The average molecular weight is 250 g/mol. The quantitative estimate of drug-likeness (QED) is 0.696. The molecule has 5 heteroatoms. The molecule has 0 unspecified atom stereocenters. The SMILES string of the molecule is C=CC(=O)N(C)Cc1ccc(=O)n(CCOC)c1. The summed E-state index contributed by atoms with van der Waals surface area (Å²) >= 11 is 0. The number of rotatable bonds is 6. The number of hydrogen-bond donors (Lipinski definition) is 0. The summed E-state index contributed by atoms with van der Waals surface area (Å²) in [6.07, 6.45) is 3.01. The number of pyridine rings is 1. The lowest BCUT2D eigenvalue weighted by atomic mass is 10.2. The summed E-state index contributed by atoms with van der Waals surface area (Å²) in [5.41, 5.74) is 0.817. The Kier molecular flexibility index (Phi) is 5.32. The Morgan fingerprint density at radius 1 is 1.56 bits per heavy atom. The van der Waals surface area contributed by atoms with Crippen molar-refractivity contribution < 1.29 is 9.53 Å². The molecule has 1 amide bonds. The van der Waals surface area contributed by atoms with Crippen molar-refractivity contribution in [3.63, 3.8) is 0 Å². The third kappa shape index (κ3) is 3.85. The van der Waals surface area contributed by atoms with Crippen LogP contribution in [0.15, 0.2) is 35.8 Å². The summed E-state index contributed by atoms with van der Waals surface area (Å²) in [7, 11) is 3.28. The van der Waals surface area contributed by atoms with Gasteiger partial charge >= 0.3 is 0 Å². The molecule has 0 aliphatic carbocycles. The molecule has 1 heterocycles. The van der Waals surface area contributed by atoms with Crippen LogP contribution in [0.5, 0.6) is 0 Å². The van der Waals surface area contributed by atoms with Gasteiger partial charge in [0.15, 0.2) is 0 Å². The molecule has 1 rings (SSSR count). The Morgan fingerprint density at radius 3 is 2.89 bits per heavy atom. The van der Waals surface area contributed by atoms with Crippen LogP contribution in [-0.4, -0.2) is 36.1 Å². The highest BCUT2D eigenvalue weighted by molar-refractivity contribution is 5.86. The summed E-state index contributed by atoms with van der Waals surface area (Å²) < 4.78 is 6.51. The number of carbonyl (C=O) groups excluding carboxylic acids is 1. The molecule has 98 valence electrons. The summed E-state index contributed by atoms with van der Waals surface area (Å²) in [6, 6.07) is 3.22. The number of ether oxygens (including phenoxy) is 1. The zero-order valence-electron chi connectivity index (χ0n) is 10.8. The Hall–Kier alpha value is -1.88. The molecule has 0 atom stereocenters. The van der Waals surface area contributed by atoms with E-state index < -0.39 is 0 Å². The summed E-state index contributed by atoms with van der Waals surface area (Å²) in [4.78, 5) is 24.5. The number of aromatic nitrogens is 1. The number of carbonyl (C=O) groups is 1. The zero-order chi connectivity index (χ0) is 13.5. The number of nitrogens with zero attached hydrogens (tertiary/aromatic N) is 2. The molecular weight excluding hydrogens is 232 g/mol. The Labute approximate surface area is 106 Å². The van der Waals surface area contributed by atoms with Gasteiger partial charge in [-0.25, -0.2) is 0 Å². The molecule has 5 nitrogen and oxygen atoms in total. The lowest BCUT2D eigenvalue weighted by Crippen LogP contribution is -2.26. The fraction of sp³-hybridized carbons (Fsp3) is 0.385. The van der Waals surface area contributed by atoms with Crippen LogP contribution in [0.2, 0.25) is 0 Å². The number of amides is 1. The fourth-order valence-electron chi connectivity index (χ4n) is 1.55. The van der Waals surface area contributed by atoms with Gasteiger partial charge in [-0.05, 0) is 11.6 Å². The van der Waals surface area contributed by atoms with Crippen molar-refractivity contribution in [2.75, 3.05) is 20.8 Å². The first kappa shape index (κ1) is 14.2. The van der Waals surface area contributed by atoms with Crippen LogP contribution in [0.25, 0.3) is 0 Å². The minimum Gasteiger partial charge on any atom is -0.383 e. The third-order valence-electron chi connectivity index (χ3n) is 2.55. The van der Waals surface area contributed by atoms with Crippen LogP contribution >= 0.6 is 0 Å². The van der Waals surface area contributed by atoms with Gasteiger partial charge in [-0.15, -0.1) is 0 Å². The van der Waals surface area contributed by atoms with Gasteiger partial charge in [-0.1, -0.05) is 12.6 Å². The van der Waals surface area contributed by atoms with Gasteiger partial charge in [0.2, 0.25) is 5.91 Å². The van der Waals surface area contributed by atoms with E-state index in [0.29, 0.717) is 19.7 Å².